The highest BCUT2D eigenvalue weighted by Gasteiger charge is 2.14. The van der Waals surface area contributed by atoms with Gasteiger partial charge in [0.15, 0.2) is 0 Å². The van der Waals surface area contributed by atoms with Gasteiger partial charge in [0.25, 0.3) is 0 Å². The van der Waals surface area contributed by atoms with Gasteiger partial charge in [-0.05, 0) is 74.1 Å². The van der Waals surface area contributed by atoms with E-state index in [1.807, 2.05) is 30.5 Å². The van der Waals surface area contributed by atoms with Gasteiger partial charge < -0.3 is 20.1 Å². The number of nitrogens with one attached hydrogen (secondary N) is 2. The van der Waals surface area contributed by atoms with Crippen LogP contribution in [0, 0.1) is 6.92 Å². The average Bonchev–Trinajstić information content (AvgIpc) is 2.70. The van der Waals surface area contributed by atoms with Gasteiger partial charge in [0.05, 0.1) is 7.11 Å². The molecule has 6 heteroatoms. The smallest absolute Gasteiger partial charge is 0.130 e. The minimum absolute atomic E-state index is 0. The first-order chi connectivity index (χ1) is 13.2. The number of hydrogen-bond acceptors (Lipinski definition) is 5. The number of pyridine rings is 1. The number of hydrogen-bond donors (Lipinski definition) is 2. The lowest BCUT2D eigenvalue weighted by Crippen LogP contribution is -2.34. The number of halogens is 1. The van der Waals surface area contributed by atoms with Gasteiger partial charge in [-0.3, -0.25) is 0 Å². The molecule has 1 aromatic heterocycles. The number of anilines is 2. The van der Waals surface area contributed by atoms with E-state index in [0.717, 1.165) is 65.3 Å². The average molecular weight is 400 g/mol. The molecule has 0 aliphatic carbocycles. The first-order valence-corrected chi connectivity index (χ1v) is 9.40. The molecule has 28 heavy (non-hydrogen) atoms. The van der Waals surface area contributed by atoms with E-state index in [2.05, 4.69) is 40.7 Å². The highest BCUT2D eigenvalue weighted by Crippen LogP contribution is 2.28. The number of piperidine rings is 1. The molecule has 1 fully saturated rings. The van der Waals surface area contributed by atoms with Gasteiger partial charge in [-0.2, -0.15) is 0 Å². The van der Waals surface area contributed by atoms with Crippen LogP contribution in [0.4, 0.5) is 11.5 Å². The van der Waals surface area contributed by atoms with E-state index in [1.54, 1.807) is 7.11 Å². The van der Waals surface area contributed by atoms with Crippen molar-refractivity contribution < 1.29 is 9.47 Å². The third-order valence-corrected chi connectivity index (χ3v) is 4.99. The normalized spacial score (nSPS) is 14.4. The van der Waals surface area contributed by atoms with E-state index in [0.29, 0.717) is 6.10 Å². The summed E-state index contributed by atoms with van der Waals surface area (Å²) in [6.07, 6.45) is 4.29. The molecule has 148 valence electrons. The molecular formula is C22H26ClN3O2. The number of aryl methyl sites for hydroxylation is 1. The number of aromatic nitrogens is 1. The van der Waals surface area contributed by atoms with Crippen molar-refractivity contribution in [2.24, 2.45) is 0 Å². The van der Waals surface area contributed by atoms with Crippen LogP contribution >= 0.6 is 12.4 Å². The Bertz CT molecular complexity index is 942. The highest BCUT2D eigenvalue weighted by molar-refractivity contribution is 5.86. The van der Waals surface area contributed by atoms with Crippen molar-refractivity contribution in [2.45, 2.75) is 25.9 Å². The molecule has 0 unspecified atom stereocenters. The second-order valence-corrected chi connectivity index (χ2v) is 6.95. The number of fused-ring (bicyclic) bond motifs is 1. The zero-order valence-corrected chi connectivity index (χ0v) is 17.0. The molecule has 1 aliphatic heterocycles. The number of nitrogens with zero attached hydrogens (tertiary/aromatic N) is 1. The van der Waals surface area contributed by atoms with Gasteiger partial charge in [0.2, 0.25) is 0 Å². The summed E-state index contributed by atoms with van der Waals surface area (Å²) in [7, 11) is 1.67. The zero-order chi connectivity index (χ0) is 18.6. The Morgan fingerprint density at radius 3 is 2.57 bits per heavy atom. The molecule has 1 saturated heterocycles. The molecule has 5 nitrogen and oxygen atoms in total. The Kier molecular flexibility index (Phi) is 6.60. The second-order valence-electron chi connectivity index (χ2n) is 6.95. The maximum atomic E-state index is 6.17. The van der Waals surface area contributed by atoms with Gasteiger partial charge in [-0.15, -0.1) is 12.4 Å². The van der Waals surface area contributed by atoms with Crippen molar-refractivity contribution >= 4 is 34.7 Å². The van der Waals surface area contributed by atoms with Crippen LogP contribution in [0.3, 0.4) is 0 Å². The van der Waals surface area contributed by atoms with E-state index < -0.39 is 0 Å². The predicted molar refractivity (Wildman–Crippen MR) is 117 cm³/mol. The van der Waals surface area contributed by atoms with Crippen LogP contribution in [0.15, 0.2) is 48.7 Å². The van der Waals surface area contributed by atoms with Crippen molar-refractivity contribution in [2.75, 3.05) is 25.5 Å². The number of methoxy groups -OCH3 is 1. The lowest BCUT2D eigenvalue weighted by Gasteiger charge is -2.24. The Morgan fingerprint density at radius 2 is 1.79 bits per heavy atom. The summed E-state index contributed by atoms with van der Waals surface area (Å²) in [5, 5.41) is 8.98. The van der Waals surface area contributed by atoms with Gasteiger partial charge in [-0.1, -0.05) is 6.07 Å². The first-order valence-electron chi connectivity index (χ1n) is 9.40. The summed E-state index contributed by atoms with van der Waals surface area (Å²) in [4.78, 5) is 4.54. The molecule has 0 saturated carbocycles. The van der Waals surface area contributed by atoms with Crippen molar-refractivity contribution in [3.8, 4) is 11.5 Å². The molecular weight excluding hydrogens is 374 g/mol. The van der Waals surface area contributed by atoms with E-state index >= 15 is 0 Å². The fourth-order valence-corrected chi connectivity index (χ4v) is 3.37. The van der Waals surface area contributed by atoms with Crippen molar-refractivity contribution in [1.82, 2.24) is 10.3 Å². The van der Waals surface area contributed by atoms with Crippen LogP contribution < -0.4 is 20.1 Å². The molecule has 0 bridgehead atoms. The van der Waals surface area contributed by atoms with E-state index in [9.17, 15) is 0 Å². The predicted octanol–water partition coefficient (Wildman–Crippen LogP) is 4.85. The maximum absolute atomic E-state index is 6.17. The molecule has 0 spiro atoms. The van der Waals surface area contributed by atoms with E-state index in [-0.39, 0.29) is 12.4 Å². The Morgan fingerprint density at radius 1 is 1.00 bits per heavy atom. The van der Waals surface area contributed by atoms with Crippen LogP contribution in [0.2, 0.25) is 0 Å². The fourth-order valence-electron chi connectivity index (χ4n) is 3.37. The maximum Gasteiger partial charge on any atom is 0.130 e. The number of rotatable bonds is 5. The Hall–Kier alpha value is -2.50. The van der Waals surface area contributed by atoms with Crippen LogP contribution in [0.1, 0.15) is 18.4 Å². The Labute approximate surface area is 171 Å². The quantitative estimate of drug-likeness (QED) is 0.642. The summed E-state index contributed by atoms with van der Waals surface area (Å²) in [5.74, 6) is 2.54. The molecule has 0 amide bonds. The van der Waals surface area contributed by atoms with Gasteiger partial charge in [-0.25, -0.2) is 4.98 Å². The molecule has 4 rings (SSSR count). The third kappa shape index (κ3) is 4.66. The van der Waals surface area contributed by atoms with Crippen molar-refractivity contribution in [3.05, 3.63) is 54.2 Å². The van der Waals surface area contributed by atoms with Crippen LogP contribution in [0.25, 0.3) is 10.8 Å². The lowest BCUT2D eigenvalue weighted by atomic mass is 10.1. The number of benzene rings is 2. The third-order valence-electron chi connectivity index (χ3n) is 4.99. The molecule has 0 radical (unpaired) electrons. The Balaban J connectivity index is 0.00000225. The summed E-state index contributed by atoms with van der Waals surface area (Å²) in [5.41, 5.74) is 2.13. The van der Waals surface area contributed by atoms with Gasteiger partial charge in [0.1, 0.15) is 23.4 Å². The highest BCUT2D eigenvalue weighted by atomic mass is 35.5. The molecule has 2 aromatic carbocycles. The topological polar surface area (TPSA) is 55.4 Å². The molecule has 0 atom stereocenters. The number of ether oxygens (including phenoxy) is 2. The van der Waals surface area contributed by atoms with E-state index in [4.69, 9.17) is 9.47 Å². The minimum atomic E-state index is 0. The monoisotopic (exact) mass is 399 g/mol. The van der Waals surface area contributed by atoms with Crippen LogP contribution in [0.5, 0.6) is 11.5 Å². The first kappa shape index (κ1) is 20.2. The van der Waals surface area contributed by atoms with E-state index in [1.165, 1.54) is 0 Å². The molecule has 1 aliphatic rings. The van der Waals surface area contributed by atoms with Gasteiger partial charge >= 0.3 is 0 Å². The zero-order valence-electron chi connectivity index (χ0n) is 16.2. The fraction of sp³-hybridized carbons (Fsp3) is 0.318. The summed E-state index contributed by atoms with van der Waals surface area (Å²) < 4.78 is 11.5. The molecule has 2 N–H and O–H groups in total. The van der Waals surface area contributed by atoms with Gasteiger partial charge in [0, 0.05) is 23.3 Å². The van der Waals surface area contributed by atoms with Crippen molar-refractivity contribution in [3.63, 3.8) is 0 Å². The van der Waals surface area contributed by atoms with Crippen molar-refractivity contribution in [1.29, 1.82) is 0 Å². The lowest BCUT2D eigenvalue weighted by molar-refractivity contribution is 0.162. The summed E-state index contributed by atoms with van der Waals surface area (Å²) in [6, 6.07) is 14.2. The largest absolute Gasteiger partial charge is 0.497 e. The summed E-state index contributed by atoms with van der Waals surface area (Å²) >= 11 is 0. The van der Waals surface area contributed by atoms with Crippen LogP contribution in [-0.4, -0.2) is 31.3 Å². The SMILES string of the molecule is COc1ccc(C)c(Nc2cc3cc(OC4CCNCC4)ccc3cn2)c1.Cl. The second kappa shape index (κ2) is 9.13. The standard InChI is InChI=1S/C22H25N3O2.ClH/c1-15-3-5-19(26-2)13-21(15)25-22-12-17-11-20(6-4-16(17)14-24-22)27-18-7-9-23-10-8-18;/h3-6,11-14,18,23H,7-10H2,1-2H3,(H,24,25);1H. The molecule has 2 heterocycles. The summed E-state index contributed by atoms with van der Waals surface area (Å²) in [6.45, 7) is 4.11. The van der Waals surface area contributed by atoms with Crippen LogP contribution in [-0.2, 0) is 0 Å². The minimum Gasteiger partial charge on any atom is -0.497 e. The molecule has 3 aromatic rings.